The lowest BCUT2D eigenvalue weighted by Crippen LogP contribution is -2.11. The average Bonchev–Trinajstić information content (AvgIpc) is 4.18. The van der Waals surface area contributed by atoms with Gasteiger partial charge < -0.3 is 9.13 Å². The smallest absolute Gasteiger partial charge is 0.104 e. The second-order valence-electron chi connectivity index (χ2n) is 18.1. The van der Waals surface area contributed by atoms with E-state index in [0.717, 1.165) is 96.5 Å². The first-order chi connectivity index (χ1) is 34.7. The summed E-state index contributed by atoms with van der Waals surface area (Å²) in [6, 6.07) is 78.9. The fraction of sp³-hybridized carbons (Fsp3) is 0. The third-order valence-electron chi connectivity index (χ3n) is 14.6. The van der Waals surface area contributed by atoms with Gasteiger partial charge in [0.1, 0.15) is 17.7 Å². The van der Waals surface area contributed by atoms with Gasteiger partial charge in [0, 0.05) is 63.6 Å². The monoisotopic (exact) mass is 922 g/mol. The van der Waals surface area contributed by atoms with E-state index in [0.29, 0.717) is 33.6 Å². The minimum absolute atomic E-state index is 0.479. The Balaban J connectivity index is 1.24. The van der Waals surface area contributed by atoms with Gasteiger partial charge in [0.05, 0.1) is 48.4 Å². The maximum absolute atomic E-state index is 12.5. The number of hydrogen-bond donors (Lipinski definition) is 0. The van der Waals surface area contributed by atoms with E-state index in [-0.39, 0.29) is 0 Å². The van der Waals surface area contributed by atoms with Gasteiger partial charge in [-0.1, -0.05) is 170 Å². The first-order valence-electron chi connectivity index (χ1n) is 23.4. The van der Waals surface area contributed by atoms with E-state index in [1.165, 1.54) is 20.2 Å². The molecule has 4 heterocycles. The van der Waals surface area contributed by atoms with Gasteiger partial charge in [0.15, 0.2) is 0 Å². The molecule has 11 aromatic carbocycles. The Morgan fingerprint density at radius 2 is 0.714 bits per heavy atom. The average molecular weight is 923 g/mol. The number of hydrogen-bond acceptors (Lipinski definition) is 4. The second-order valence-corrected chi connectivity index (χ2v) is 20.2. The van der Waals surface area contributed by atoms with Gasteiger partial charge in [-0.2, -0.15) is 10.5 Å². The SMILES string of the molecule is N#Cc1c(-c2ccc3ccccc3c2)c(-n2c3ccccc3c3ccc4c5ccccc5sc4c32)c(C#N)c(-n2c3ccccc3c3ccc4c5ccccc5sc4c32)c1-c1ccc2ccccc2c1. The lowest BCUT2D eigenvalue weighted by atomic mass is 9.85. The fourth-order valence-corrected chi connectivity index (χ4v) is 14.0. The van der Waals surface area contributed by atoms with Gasteiger partial charge in [-0.3, -0.25) is 0 Å². The summed E-state index contributed by atoms with van der Waals surface area (Å²) in [5, 5.41) is 38.2. The number of aromatic nitrogens is 2. The number of rotatable bonds is 4. The summed E-state index contributed by atoms with van der Waals surface area (Å²) < 4.78 is 9.32. The lowest BCUT2D eigenvalue weighted by Gasteiger charge is -2.25. The number of benzene rings is 11. The predicted octanol–water partition coefficient (Wildman–Crippen LogP) is 18.0. The van der Waals surface area contributed by atoms with Crippen molar-refractivity contribution < 1.29 is 0 Å². The van der Waals surface area contributed by atoms with Gasteiger partial charge in [-0.15, -0.1) is 22.7 Å². The van der Waals surface area contributed by atoms with E-state index in [1.54, 1.807) is 22.7 Å². The van der Waals surface area contributed by atoms with Crippen molar-refractivity contribution in [2.75, 3.05) is 0 Å². The highest BCUT2D eigenvalue weighted by Crippen LogP contribution is 2.52. The van der Waals surface area contributed by atoms with E-state index < -0.39 is 0 Å². The summed E-state index contributed by atoms with van der Waals surface area (Å²) >= 11 is 3.56. The quantitative estimate of drug-likeness (QED) is 0.177. The molecule has 0 spiro atoms. The van der Waals surface area contributed by atoms with E-state index in [4.69, 9.17) is 0 Å². The molecule has 0 aliphatic carbocycles. The van der Waals surface area contributed by atoms with E-state index in [1.807, 2.05) is 0 Å². The summed E-state index contributed by atoms with van der Waals surface area (Å²) in [4.78, 5) is 0. The normalized spacial score (nSPS) is 12.0. The van der Waals surface area contributed by atoms with E-state index >= 15 is 0 Å². The largest absolute Gasteiger partial charge is 0.306 e. The Bertz CT molecular complexity index is 4580. The third kappa shape index (κ3) is 5.32. The van der Waals surface area contributed by atoms with E-state index in [9.17, 15) is 10.5 Å². The first-order valence-corrected chi connectivity index (χ1v) is 25.0. The molecule has 0 aliphatic rings. The van der Waals surface area contributed by atoms with Crippen LogP contribution >= 0.6 is 22.7 Å². The number of nitrogens with zero attached hydrogens (tertiary/aromatic N) is 4. The molecule has 0 fully saturated rings. The van der Waals surface area contributed by atoms with Crippen LogP contribution in [0.3, 0.4) is 0 Å². The molecule has 0 atom stereocenters. The lowest BCUT2D eigenvalue weighted by molar-refractivity contribution is 1.12. The summed E-state index contributed by atoms with van der Waals surface area (Å²) in [7, 11) is 0. The Kier molecular flexibility index (Phi) is 8.21. The molecule has 4 nitrogen and oxygen atoms in total. The fourth-order valence-electron chi connectivity index (χ4n) is 11.6. The van der Waals surface area contributed by atoms with Crippen molar-refractivity contribution in [1.29, 1.82) is 10.5 Å². The molecular formula is C64H34N4S2. The second kappa shape index (κ2) is 14.7. The summed E-state index contributed by atoms with van der Waals surface area (Å²) in [5.41, 5.74) is 9.44. The van der Waals surface area contributed by atoms with Crippen molar-refractivity contribution in [1.82, 2.24) is 9.13 Å². The Hall–Kier alpha value is -9.04. The molecule has 15 aromatic rings. The number of para-hydroxylation sites is 2. The third-order valence-corrected chi connectivity index (χ3v) is 16.9. The standard InChI is InChI=1S/C64H34N4S2/c65-35-51-57(41-27-25-37-13-1-3-15-39(37)33-41)59(67-53-21-9-5-17-43(53)47-29-31-49-45-19-7-11-23-55(45)69-63(49)61(47)67)52(36-66)60(58(51)42-28-26-38-14-2-4-16-40(38)34-42)68-54-22-10-6-18-44(54)48-30-32-50-46-20-8-12-24-56(46)70-64(50)62(48)68/h1-34H. The minimum Gasteiger partial charge on any atom is -0.306 e. The molecule has 0 amide bonds. The van der Waals surface area contributed by atoms with Gasteiger partial charge in [0.2, 0.25) is 0 Å². The molecule has 0 N–H and O–H groups in total. The van der Waals surface area contributed by atoms with Crippen LogP contribution in [-0.4, -0.2) is 9.13 Å². The molecule has 4 aromatic heterocycles. The maximum Gasteiger partial charge on any atom is 0.104 e. The molecular weight excluding hydrogens is 889 g/mol. The number of nitriles is 2. The number of thiophene rings is 2. The van der Waals surface area contributed by atoms with Crippen LogP contribution in [0.25, 0.3) is 139 Å². The maximum atomic E-state index is 12.5. The molecule has 70 heavy (non-hydrogen) atoms. The van der Waals surface area contributed by atoms with Crippen molar-refractivity contribution in [3.05, 3.63) is 217 Å². The van der Waals surface area contributed by atoms with Crippen LogP contribution in [0.4, 0.5) is 0 Å². The Labute approximate surface area is 408 Å². The van der Waals surface area contributed by atoms with Gasteiger partial charge in [-0.25, -0.2) is 0 Å². The minimum atomic E-state index is 0.479. The topological polar surface area (TPSA) is 57.4 Å². The highest BCUT2D eigenvalue weighted by Gasteiger charge is 2.33. The molecule has 0 unspecified atom stereocenters. The van der Waals surface area contributed by atoms with Gasteiger partial charge in [0.25, 0.3) is 0 Å². The van der Waals surface area contributed by atoms with Gasteiger partial charge >= 0.3 is 0 Å². The molecule has 0 bridgehead atoms. The molecule has 0 saturated heterocycles. The highest BCUT2D eigenvalue weighted by atomic mass is 32.1. The number of fused-ring (bicyclic) bond motifs is 16. The van der Waals surface area contributed by atoms with Crippen molar-refractivity contribution in [3.8, 4) is 45.8 Å². The van der Waals surface area contributed by atoms with Crippen LogP contribution in [0.5, 0.6) is 0 Å². The Morgan fingerprint density at radius 1 is 0.329 bits per heavy atom. The van der Waals surface area contributed by atoms with Crippen molar-refractivity contribution in [2.45, 2.75) is 0 Å². The van der Waals surface area contributed by atoms with Crippen LogP contribution < -0.4 is 0 Å². The predicted molar refractivity (Wildman–Crippen MR) is 296 cm³/mol. The Morgan fingerprint density at radius 3 is 1.17 bits per heavy atom. The van der Waals surface area contributed by atoms with E-state index in [2.05, 4.69) is 228 Å². The molecule has 6 heteroatoms. The molecule has 322 valence electrons. The zero-order valence-corrected chi connectivity index (χ0v) is 38.9. The molecule has 15 rings (SSSR count). The van der Waals surface area contributed by atoms with Crippen LogP contribution in [-0.2, 0) is 0 Å². The van der Waals surface area contributed by atoms with Crippen molar-refractivity contribution in [2.24, 2.45) is 0 Å². The molecule has 0 saturated carbocycles. The van der Waals surface area contributed by atoms with Crippen LogP contribution in [0.1, 0.15) is 11.1 Å². The zero-order valence-electron chi connectivity index (χ0n) is 37.2. The molecule has 0 radical (unpaired) electrons. The van der Waals surface area contributed by atoms with Crippen LogP contribution in [0.2, 0.25) is 0 Å². The summed E-state index contributed by atoms with van der Waals surface area (Å²) in [6.07, 6.45) is 0. The van der Waals surface area contributed by atoms with Crippen LogP contribution in [0.15, 0.2) is 206 Å². The summed E-state index contributed by atoms with van der Waals surface area (Å²) in [5.74, 6) is 0. The highest BCUT2D eigenvalue weighted by molar-refractivity contribution is 7.27. The van der Waals surface area contributed by atoms with Crippen LogP contribution in [0, 0.1) is 22.7 Å². The van der Waals surface area contributed by atoms with Gasteiger partial charge in [-0.05, 0) is 69.1 Å². The summed E-state index contributed by atoms with van der Waals surface area (Å²) in [6.45, 7) is 0. The zero-order chi connectivity index (χ0) is 46.2. The van der Waals surface area contributed by atoms with Crippen molar-refractivity contribution in [3.63, 3.8) is 0 Å². The first kappa shape index (κ1) is 39.0. The van der Waals surface area contributed by atoms with Crippen molar-refractivity contribution >= 4 is 128 Å². The molecule has 0 aliphatic heterocycles.